The fraction of sp³-hybridized carbons (Fsp3) is 0.312. The summed E-state index contributed by atoms with van der Waals surface area (Å²) in [5.74, 6) is 0.543. The molecule has 1 aromatic carbocycles. The minimum absolute atomic E-state index is 0.140. The van der Waals surface area contributed by atoms with Crippen molar-refractivity contribution in [3.05, 3.63) is 70.1 Å². The fourth-order valence-electron chi connectivity index (χ4n) is 2.86. The van der Waals surface area contributed by atoms with Crippen molar-refractivity contribution in [3.8, 4) is 0 Å². The highest BCUT2D eigenvalue weighted by molar-refractivity contribution is 5.22. The molecule has 0 unspecified atom stereocenters. The molecule has 2 aromatic rings. The number of rotatable bonds is 1. The van der Waals surface area contributed by atoms with Gasteiger partial charge < -0.3 is 4.57 Å². The van der Waals surface area contributed by atoms with Gasteiger partial charge in [0.1, 0.15) is 0 Å². The molecule has 0 saturated heterocycles. The number of hydrogen-bond donors (Lipinski definition) is 0. The van der Waals surface area contributed by atoms with E-state index in [1.807, 2.05) is 10.6 Å². The highest BCUT2D eigenvalue weighted by atomic mass is 16.1. The normalized spacial score (nSPS) is 19.0. The zero-order valence-electron chi connectivity index (χ0n) is 10.4. The number of pyridine rings is 1. The maximum atomic E-state index is 11.8. The van der Waals surface area contributed by atoms with Gasteiger partial charge in [0.15, 0.2) is 0 Å². The standard InChI is InChI=1S/C16H17NO/c18-16-10-4-9-15-12-14(8-5-11-17(15)16)13-6-2-1-3-7-13/h1-4,6-7,9-10,14H,5,8,11-12H2/t14-/m1/s1. The van der Waals surface area contributed by atoms with Crippen LogP contribution in [-0.2, 0) is 13.0 Å². The van der Waals surface area contributed by atoms with Crippen LogP contribution in [0.25, 0.3) is 0 Å². The summed E-state index contributed by atoms with van der Waals surface area (Å²) in [5, 5.41) is 0. The molecule has 0 aliphatic carbocycles. The molecule has 0 fully saturated rings. The SMILES string of the molecule is O=c1cccc2n1CCC[C@@H](c1ccccc1)C2. The van der Waals surface area contributed by atoms with Gasteiger partial charge in [-0.1, -0.05) is 36.4 Å². The first-order valence-electron chi connectivity index (χ1n) is 6.58. The molecule has 0 radical (unpaired) electrons. The van der Waals surface area contributed by atoms with Crippen LogP contribution in [0.1, 0.15) is 30.0 Å². The molecule has 2 nitrogen and oxygen atoms in total. The number of aromatic nitrogens is 1. The van der Waals surface area contributed by atoms with Gasteiger partial charge in [-0.3, -0.25) is 4.79 Å². The molecule has 1 aromatic heterocycles. The predicted molar refractivity (Wildman–Crippen MR) is 72.8 cm³/mol. The summed E-state index contributed by atoms with van der Waals surface area (Å²) in [6.45, 7) is 0.859. The Morgan fingerprint density at radius 2 is 1.83 bits per heavy atom. The Morgan fingerprint density at radius 3 is 2.67 bits per heavy atom. The molecule has 1 atom stereocenters. The lowest BCUT2D eigenvalue weighted by Gasteiger charge is -2.14. The van der Waals surface area contributed by atoms with E-state index in [0.29, 0.717) is 5.92 Å². The van der Waals surface area contributed by atoms with Crippen LogP contribution in [0.3, 0.4) is 0 Å². The van der Waals surface area contributed by atoms with Crippen molar-refractivity contribution < 1.29 is 0 Å². The van der Waals surface area contributed by atoms with Crippen LogP contribution in [0.5, 0.6) is 0 Å². The largest absolute Gasteiger partial charge is 0.313 e. The summed E-state index contributed by atoms with van der Waals surface area (Å²) in [6.07, 6.45) is 3.21. The zero-order valence-corrected chi connectivity index (χ0v) is 10.4. The van der Waals surface area contributed by atoms with Gasteiger partial charge in [0.25, 0.3) is 5.56 Å². The van der Waals surface area contributed by atoms with Gasteiger partial charge in [-0.25, -0.2) is 0 Å². The van der Waals surface area contributed by atoms with Crippen molar-refractivity contribution in [3.63, 3.8) is 0 Å². The van der Waals surface area contributed by atoms with Gasteiger partial charge in [0.05, 0.1) is 0 Å². The second-order valence-electron chi connectivity index (χ2n) is 4.96. The highest BCUT2D eigenvalue weighted by Gasteiger charge is 2.18. The lowest BCUT2D eigenvalue weighted by molar-refractivity contribution is 0.586. The second kappa shape index (κ2) is 4.81. The van der Waals surface area contributed by atoms with Crippen LogP contribution in [0.15, 0.2) is 53.3 Å². The molecule has 0 N–H and O–H groups in total. The molecule has 0 amide bonds. The van der Waals surface area contributed by atoms with Crippen molar-refractivity contribution in [2.75, 3.05) is 0 Å². The highest BCUT2D eigenvalue weighted by Crippen LogP contribution is 2.27. The van der Waals surface area contributed by atoms with Crippen molar-refractivity contribution in [2.24, 2.45) is 0 Å². The van der Waals surface area contributed by atoms with E-state index in [9.17, 15) is 4.79 Å². The fourth-order valence-corrected chi connectivity index (χ4v) is 2.86. The van der Waals surface area contributed by atoms with Crippen LogP contribution in [0.4, 0.5) is 0 Å². The Bertz CT molecular complexity index is 586. The number of fused-ring (bicyclic) bond motifs is 1. The lowest BCUT2D eigenvalue weighted by Crippen LogP contribution is -2.21. The Balaban J connectivity index is 1.96. The molecule has 2 heterocycles. The summed E-state index contributed by atoms with van der Waals surface area (Å²) in [6, 6.07) is 16.3. The Labute approximate surface area is 107 Å². The second-order valence-corrected chi connectivity index (χ2v) is 4.96. The Morgan fingerprint density at radius 1 is 1.00 bits per heavy atom. The molecule has 1 aliphatic rings. The van der Waals surface area contributed by atoms with E-state index in [1.165, 1.54) is 11.3 Å². The van der Waals surface area contributed by atoms with Crippen LogP contribution in [0, 0.1) is 0 Å². The minimum Gasteiger partial charge on any atom is -0.313 e. The van der Waals surface area contributed by atoms with Crippen LogP contribution < -0.4 is 5.56 Å². The monoisotopic (exact) mass is 239 g/mol. The molecule has 0 saturated carbocycles. The van der Waals surface area contributed by atoms with Crippen LogP contribution in [0.2, 0.25) is 0 Å². The summed E-state index contributed by atoms with van der Waals surface area (Å²) >= 11 is 0. The van der Waals surface area contributed by atoms with Crippen molar-refractivity contribution in [2.45, 2.75) is 31.7 Å². The Hall–Kier alpha value is -1.83. The first-order chi connectivity index (χ1) is 8.84. The number of benzene rings is 1. The van der Waals surface area contributed by atoms with E-state index in [4.69, 9.17) is 0 Å². The van der Waals surface area contributed by atoms with Crippen LogP contribution >= 0.6 is 0 Å². The zero-order chi connectivity index (χ0) is 12.4. The third kappa shape index (κ3) is 2.10. The summed E-state index contributed by atoms with van der Waals surface area (Å²) in [7, 11) is 0. The minimum atomic E-state index is 0.140. The van der Waals surface area contributed by atoms with E-state index in [0.717, 1.165) is 25.8 Å². The topological polar surface area (TPSA) is 22.0 Å². The average molecular weight is 239 g/mol. The van der Waals surface area contributed by atoms with Crippen LogP contribution in [-0.4, -0.2) is 4.57 Å². The van der Waals surface area contributed by atoms with Gasteiger partial charge >= 0.3 is 0 Å². The van der Waals surface area contributed by atoms with Crippen molar-refractivity contribution in [1.29, 1.82) is 0 Å². The quantitative estimate of drug-likeness (QED) is 0.750. The van der Waals surface area contributed by atoms with E-state index < -0.39 is 0 Å². The van der Waals surface area contributed by atoms with Gasteiger partial charge in [-0.2, -0.15) is 0 Å². The average Bonchev–Trinajstić information content (AvgIpc) is 2.63. The summed E-state index contributed by atoms with van der Waals surface area (Å²) < 4.78 is 1.93. The maximum absolute atomic E-state index is 11.8. The summed E-state index contributed by atoms with van der Waals surface area (Å²) in [4.78, 5) is 11.8. The van der Waals surface area contributed by atoms with Gasteiger partial charge in [0.2, 0.25) is 0 Å². The third-order valence-corrected chi connectivity index (χ3v) is 3.80. The smallest absolute Gasteiger partial charge is 0.250 e. The number of hydrogen-bond acceptors (Lipinski definition) is 1. The van der Waals surface area contributed by atoms with Crippen molar-refractivity contribution >= 4 is 0 Å². The van der Waals surface area contributed by atoms with E-state index in [-0.39, 0.29) is 5.56 Å². The first kappa shape index (κ1) is 11.3. The first-order valence-corrected chi connectivity index (χ1v) is 6.58. The van der Waals surface area contributed by atoms with E-state index in [1.54, 1.807) is 6.07 Å². The van der Waals surface area contributed by atoms with Gasteiger partial charge in [-0.15, -0.1) is 0 Å². The molecule has 2 heteroatoms. The molecular weight excluding hydrogens is 222 g/mol. The number of nitrogens with zero attached hydrogens (tertiary/aromatic N) is 1. The molecule has 0 bridgehead atoms. The van der Waals surface area contributed by atoms with E-state index in [2.05, 4.69) is 36.4 Å². The molecule has 1 aliphatic heterocycles. The molecule has 92 valence electrons. The third-order valence-electron chi connectivity index (χ3n) is 3.80. The Kier molecular flexibility index (Phi) is 3.01. The maximum Gasteiger partial charge on any atom is 0.250 e. The predicted octanol–water partition coefficient (Wildman–Crippen LogP) is 2.97. The lowest BCUT2D eigenvalue weighted by atomic mass is 9.91. The van der Waals surface area contributed by atoms with Crippen molar-refractivity contribution in [1.82, 2.24) is 4.57 Å². The molecule has 0 spiro atoms. The molecule has 3 rings (SSSR count). The molecule has 18 heavy (non-hydrogen) atoms. The van der Waals surface area contributed by atoms with E-state index >= 15 is 0 Å². The summed E-state index contributed by atoms with van der Waals surface area (Å²) in [5.41, 5.74) is 2.71. The van der Waals surface area contributed by atoms with Gasteiger partial charge in [-0.05, 0) is 36.8 Å². The van der Waals surface area contributed by atoms with Gasteiger partial charge in [0, 0.05) is 18.3 Å². The molecular formula is C16H17NO.